The van der Waals surface area contributed by atoms with Gasteiger partial charge in [0, 0.05) is 31.1 Å². The number of nitrogens with zero attached hydrogens (tertiary/aromatic N) is 1. The van der Waals surface area contributed by atoms with E-state index in [0.29, 0.717) is 0 Å². The first-order valence-corrected chi connectivity index (χ1v) is 11.5. The molecule has 1 atom stereocenters. The van der Waals surface area contributed by atoms with Crippen LogP contribution >= 0.6 is 6.49 Å². The van der Waals surface area contributed by atoms with Crippen molar-refractivity contribution in [3.63, 3.8) is 0 Å². The van der Waals surface area contributed by atoms with Gasteiger partial charge < -0.3 is 9.05 Å². The first-order valence-electron chi connectivity index (χ1n) is 7.38. The molecule has 11 heteroatoms. The molecule has 0 amide bonds. The Morgan fingerprint density at radius 3 is 2.31 bits per heavy atom. The van der Waals surface area contributed by atoms with Gasteiger partial charge >= 0.3 is 0 Å². The number of nitro groups is 1. The van der Waals surface area contributed by atoms with E-state index in [9.17, 15) is 18.5 Å². The van der Waals surface area contributed by atoms with Crippen molar-refractivity contribution < 1.29 is 22.4 Å². The summed E-state index contributed by atoms with van der Waals surface area (Å²) in [6, 6.07) is 13.7. The Labute approximate surface area is 156 Å². The summed E-state index contributed by atoms with van der Waals surface area (Å²) in [6.45, 7) is -2.70. The van der Waals surface area contributed by atoms with E-state index in [2.05, 4.69) is 4.72 Å². The fraction of sp³-hybridized carbons (Fsp3) is 0.200. The van der Waals surface area contributed by atoms with E-state index in [1.54, 1.807) is 12.1 Å². The Hall–Kier alpha value is -1.68. The van der Waals surface area contributed by atoms with Crippen molar-refractivity contribution in [2.75, 3.05) is 20.3 Å². The molecule has 2 rings (SSSR count). The van der Waals surface area contributed by atoms with Gasteiger partial charge in [0.05, 0.1) is 16.4 Å². The molecule has 1 unspecified atom stereocenters. The molecule has 0 bridgehead atoms. The van der Waals surface area contributed by atoms with E-state index < -0.39 is 21.4 Å². The molecular formula is C15H17N2O6PS2. The van der Waals surface area contributed by atoms with Gasteiger partial charge in [0.2, 0.25) is 16.5 Å². The van der Waals surface area contributed by atoms with E-state index in [1.165, 1.54) is 19.2 Å². The summed E-state index contributed by atoms with van der Waals surface area (Å²) in [5.74, 6) is 0. The molecule has 0 aliphatic carbocycles. The summed E-state index contributed by atoms with van der Waals surface area (Å²) in [5.41, 5.74) is -0.184. The quantitative estimate of drug-likeness (QED) is 0.289. The van der Waals surface area contributed by atoms with Crippen LogP contribution in [-0.4, -0.2) is 33.6 Å². The van der Waals surface area contributed by atoms with Crippen LogP contribution in [0.2, 0.25) is 0 Å². The molecule has 0 saturated carbocycles. The second kappa shape index (κ2) is 8.81. The van der Waals surface area contributed by atoms with Gasteiger partial charge in [0.25, 0.3) is 5.69 Å². The van der Waals surface area contributed by atoms with Crippen LogP contribution in [0, 0.1) is 10.1 Å². The standard InChI is InChI=1S/C15H17N2O6PS2/c1-22-24(25,14-5-3-2-4-6-14)23-12-11-16-26(20,21)15-9-7-13(8-10-15)17(18)19/h2-10,16H,11-12H2,1H3. The third-order valence-corrected chi connectivity index (χ3v) is 8.13. The Kier molecular flexibility index (Phi) is 6.99. The average Bonchev–Trinajstić information content (AvgIpc) is 2.66. The highest BCUT2D eigenvalue weighted by atomic mass is 32.5. The Balaban J connectivity index is 1.96. The molecule has 0 fully saturated rings. The third kappa shape index (κ3) is 5.16. The molecule has 1 N–H and O–H groups in total. The van der Waals surface area contributed by atoms with Gasteiger partial charge in [-0.2, -0.15) is 0 Å². The van der Waals surface area contributed by atoms with Crippen LogP contribution in [0.3, 0.4) is 0 Å². The number of nitrogens with one attached hydrogen (secondary N) is 1. The van der Waals surface area contributed by atoms with Crippen LogP contribution in [0.1, 0.15) is 0 Å². The van der Waals surface area contributed by atoms with Crippen LogP contribution in [0.25, 0.3) is 0 Å². The zero-order chi connectivity index (χ0) is 19.2. The second-order valence-electron chi connectivity index (χ2n) is 5.00. The monoisotopic (exact) mass is 416 g/mol. The van der Waals surface area contributed by atoms with Crippen molar-refractivity contribution >= 4 is 39.3 Å². The lowest BCUT2D eigenvalue weighted by atomic mass is 10.3. The summed E-state index contributed by atoms with van der Waals surface area (Å²) >= 11 is 5.43. The average molecular weight is 416 g/mol. The maximum Gasteiger partial charge on any atom is 0.269 e. The predicted molar refractivity (Wildman–Crippen MR) is 102 cm³/mol. The molecule has 0 spiro atoms. The van der Waals surface area contributed by atoms with E-state index in [0.717, 1.165) is 17.4 Å². The summed E-state index contributed by atoms with van der Waals surface area (Å²) in [4.78, 5) is 9.95. The van der Waals surface area contributed by atoms with Crippen molar-refractivity contribution in [2.24, 2.45) is 0 Å². The fourth-order valence-corrected chi connectivity index (χ4v) is 4.95. The summed E-state index contributed by atoms with van der Waals surface area (Å²) in [6.07, 6.45) is 0. The van der Waals surface area contributed by atoms with E-state index in [4.69, 9.17) is 20.9 Å². The first kappa shape index (κ1) is 20.6. The summed E-state index contributed by atoms with van der Waals surface area (Å²) in [7, 11) is -2.35. The largest absolute Gasteiger partial charge is 0.329 e. The van der Waals surface area contributed by atoms with Crippen LogP contribution in [-0.2, 0) is 30.9 Å². The van der Waals surface area contributed by atoms with Crippen LogP contribution in [0.5, 0.6) is 0 Å². The van der Waals surface area contributed by atoms with Crippen molar-refractivity contribution in [3.8, 4) is 0 Å². The lowest BCUT2D eigenvalue weighted by molar-refractivity contribution is -0.384. The molecule has 0 saturated heterocycles. The normalized spacial score (nSPS) is 13.9. The molecule has 2 aromatic carbocycles. The lowest BCUT2D eigenvalue weighted by Gasteiger charge is -2.20. The second-order valence-corrected chi connectivity index (χ2v) is 10.3. The molecule has 0 aliphatic rings. The Bertz CT molecular complexity index is 903. The predicted octanol–water partition coefficient (Wildman–Crippen LogP) is 2.17. The van der Waals surface area contributed by atoms with Gasteiger partial charge in [-0.05, 0) is 36.1 Å². The van der Waals surface area contributed by atoms with Crippen molar-refractivity contribution in [3.05, 3.63) is 64.7 Å². The van der Waals surface area contributed by atoms with Crippen molar-refractivity contribution in [2.45, 2.75) is 4.90 Å². The number of hydrogen-bond donors (Lipinski definition) is 1. The number of benzene rings is 2. The zero-order valence-electron chi connectivity index (χ0n) is 13.8. The molecule has 0 aliphatic heterocycles. The molecule has 0 radical (unpaired) electrons. The lowest BCUT2D eigenvalue weighted by Crippen LogP contribution is -2.27. The fourth-order valence-electron chi connectivity index (χ4n) is 2.02. The topological polar surface area (TPSA) is 108 Å². The highest BCUT2D eigenvalue weighted by molar-refractivity contribution is 8.13. The molecule has 0 aromatic heterocycles. The van der Waals surface area contributed by atoms with Crippen LogP contribution in [0.15, 0.2) is 59.5 Å². The summed E-state index contributed by atoms with van der Waals surface area (Å²) < 4.78 is 37.7. The van der Waals surface area contributed by atoms with Gasteiger partial charge in [0.15, 0.2) is 0 Å². The minimum atomic E-state index is -3.81. The van der Waals surface area contributed by atoms with Gasteiger partial charge in [-0.1, -0.05) is 18.2 Å². The molecule has 2 aromatic rings. The zero-order valence-corrected chi connectivity index (χ0v) is 16.3. The maximum atomic E-state index is 12.2. The number of non-ortho nitro benzene ring substituents is 1. The SMILES string of the molecule is COP(=S)(OCCNS(=O)(=O)c1ccc([N+](=O)[O-])cc1)c1ccccc1. The molecule has 8 nitrogen and oxygen atoms in total. The first-order chi connectivity index (χ1) is 12.3. The van der Waals surface area contributed by atoms with Crippen molar-refractivity contribution in [1.82, 2.24) is 4.72 Å². The van der Waals surface area contributed by atoms with Crippen LogP contribution in [0.4, 0.5) is 5.69 Å². The summed E-state index contributed by atoms with van der Waals surface area (Å²) in [5, 5.41) is 11.3. The maximum absolute atomic E-state index is 12.2. The number of nitro benzene ring substituents is 1. The van der Waals surface area contributed by atoms with Gasteiger partial charge in [-0.15, -0.1) is 0 Å². The molecule has 26 heavy (non-hydrogen) atoms. The third-order valence-electron chi connectivity index (χ3n) is 3.33. The van der Waals surface area contributed by atoms with Gasteiger partial charge in [-0.3, -0.25) is 10.1 Å². The highest BCUT2D eigenvalue weighted by Gasteiger charge is 2.21. The molecule has 0 heterocycles. The Morgan fingerprint density at radius 2 is 1.77 bits per heavy atom. The number of rotatable bonds is 9. The minimum absolute atomic E-state index is 0.0199. The number of sulfonamides is 1. The number of hydrogen-bond acceptors (Lipinski definition) is 7. The van der Waals surface area contributed by atoms with Gasteiger partial charge in [-0.25, -0.2) is 13.1 Å². The van der Waals surface area contributed by atoms with E-state index >= 15 is 0 Å². The van der Waals surface area contributed by atoms with Crippen LogP contribution < -0.4 is 10.0 Å². The van der Waals surface area contributed by atoms with Gasteiger partial charge in [0.1, 0.15) is 0 Å². The highest BCUT2D eigenvalue weighted by Crippen LogP contribution is 2.46. The van der Waals surface area contributed by atoms with Crippen molar-refractivity contribution in [1.29, 1.82) is 0 Å². The van der Waals surface area contributed by atoms with E-state index in [1.807, 2.05) is 18.2 Å². The molecule has 140 valence electrons. The molecular weight excluding hydrogens is 399 g/mol. The minimum Gasteiger partial charge on any atom is -0.329 e. The Morgan fingerprint density at radius 1 is 1.15 bits per heavy atom. The van der Waals surface area contributed by atoms with E-state index in [-0.39, 0.29) is 23.7 Å². The smallest absolute Gasteiger partial charge is 0.269 e.